The normalized spacial score (nSPS) is 11.8. The number of aliphatic hydroxyl groups excluding tert-OH is 1. The Morgan fingerprint density at radius 3 is 2.29 bits per heavy atom. The highest BCUT2D eigenvalue weighted by Crippen LogP contribution is 2.09. The standard InChI is InChI=1S/C19H28N2O3/c1-13(2)11-18(23)20-12-15-5-7-16(8-6-15)19(24)21-17(9-10-22)14(3)4/h5-8,11,14,17,22H,9-10,12H2,1-4H3,(H,20,23)(H,21,24). The zero-order valence-corrected chi connectivity index (χ0v) is 14.9. The molecule has 0 fully saturated rings. The Balaban J connectivity index is 2.61. The van der Waals surface area contributed by atoms with E-state index in [9.17, 15) is 9.59 Å². The highest BCUT2D eigenvalue weighted by Gasteiger charge is 2.16. The molecule has 1 aromatic rings. The average molecular weight is 332 g/mol. The molecule has 0 aromatic heterocycles. The van der Waals surface area contributed by atoms with E-state index >= 15 is 0 Å². The average Bonchev–Trinajstić information content (AvgIpc) is 2.52. The molecule has 5 heteroatoms. The topological polar surface area (TPSA) is 78.4 Å². The molecule has 0 bridgehead atoms. The maximum absolute atomic E-state index is 12.3. The number of carbonyl (C=O) groups is 2. The predicted molar refractivity (Wildman–Crippen MR) is 95.5 cm³/mol. The second kappa shape index (κ2) is 9.88. The lowest BCUT2D eigenvalue weighted by Crippen LogP contribution is -2.39. The number of carbonyl (C=O) groups excluding carboxylic acids is 2. The number of nitrogens with one attached hydrogen (secondary N) is 2. The monoisotopic (exact) mass is 332 g/mol. The van der Waals surface area contributed by atoms with Crippen molar-refractivity contribution in [3.8, 4) is 0 Å². The first-order chi connectivity index (χ1) is 11.3. The Morgan fingerprint density at radius 2 is 1.79 bits per heavy atom. The third-order valence-corrected chi connectivity index (χ3v) is 3.66. The van der Waals surface area contributed by atoms with Crippen molar-refractivity contribution >= 4 is 11.8 Å². The molecule has 0 saturated heterocycles. The molecule has 1 aromatic carbocycles. The van der Waals surface area contributed by atoms with Crippen molar-refractivity contribution < 1.29 is 14.7 Å². The van der Waals surface area contributed by atoms with Crippen LogP contribution in [-0.4, -0.2) is 29.6 Å². The fourth-order valence-electron chi connectivity index (χ4n) is 2.24. The van der Waals surface area contributed by atoms with Crippen LogP contribution in [0.2, 0.25) is 0 Å². The minimum Gasteiger partial charge on any atom is -0.396 e. The van der Waals surface area contributed by atoms with Gasteiger partial charge in [0.15, 0.2) is 0 Å². The molecule has 0 aliphatic carbocycles. The summed E-state index contributed by atoms with van der Waals surface area (Å²) in [5, 5.41) is 14.8. The summed E-state index contributed by atoms with van der Waals surface area (Å²) in [6, 6.07) is 7.09. The first-order valence-electron chi connectivity index (χ1n) is 8.27. The molecule has 1 rings (SSSR count). The number of hydrogen-bond donors (Lipinski definition) is 3. The van der Waals surface area contributed by atoms with Gasteiger partial charge in [-0.25, -0.2) is 0 Å². The van der Waals surface area contributed by atoms with Crippen LogP contribution in [-0.2, 0) is 11.3 Å². The van der Waals surface area contributed by atoms with Crippen molar-refractivity contribution in [3.63, 3.8) is 0 Å². The summed E-state index contributed by atoms with van der Waals surface area (Å²) in [7, 11) is 0. The van der Waals surface area contributed by atoms with Gasteiger partial charge in [0, 0.05) is 30.8 Å². The molecular formula is C19H28N2O3. The second-order valence-corrected chi connectivity index (χ2v) is 6.47. The van der Waals surface area contributed by atoms with Crippen molar-refractivity contribution in [2.45, 2.75) is 46.7 Å². The van der Waals surface area contributed by atoms with Crippen molar-refractivity contribution in [1.29, 1.82) is 0 Å². The maximum Gasteiger partial charge on any atom is 0.251 e. The quantitative estimate of drug-likeness (QED) is 0.640. The van der Waals surface area contributed by atoms with Crippen LogP contribution in [0.25, 0.3) is 0 Å². The van der Waals surface area contributed by atoms with Crippen LogP contribution >= 0.6 is 0 Å². The Hall–Kier alpha value is -2.14. The Labute approximate surface area is 144 Å². The van der Waals surface area contributed by atoms with Crippen LogP contribution in [0.15, 0.2) is 35.9 Å². The van der Waals surface area contributed by atoms with E-state index in [0.717, 1.165) is 11.1 Å². The van der Waals surface area contributed by atoms with Crippen LogP contribution in [0.1, 0.15) is 50.0 Å². The molecule has 1 unspecified atom stereocenters. The van der Waals surface area contributed by atoms with Crippen LogP contribution in [0, 0.1) is 5.92 Å². The van der Waals surface area contributed by atoms with Gasteiger partial charge in [-0.05, 0) is 43.9 Å². The molecule has 0 saturated carbocycles. The van der Waals surface area contributed by atoms with Crippen molar-refractivity contribution in [2.75, 3.05) is 6.61 Å². The number of amides is 2. The van der Waals surface area contributed by atoms with Gasteiger partial charge < -0.3 is 15.7 Å². The van der Waals surface area contributed by atoms with Crippen LogP contribution < -0.4 is 10.6 Å². The van der Waals surface area contributed by atoms with Crippen molar-refractivity contribution in [1.82, 2.24) is 10.6 Å². The molecule has 0 aliphatic rings. The SMILES string of the molecule is CC(C)=CC(=O)NCc1ccc(C(=O)NC(CCO)C(C)C)cc1. The van der Waals surface area contributed by atoms with Gasteiger partial charge in [-0.2, -0.15) is 0 Å². The van der Waals surface area contributed by atoms with Crippen LogP contribution in [0.5, 0.6) is 0 Å². The Kier molecular flexibility index (Phi) is 8.19. The van der Waals surface area contributed by atoms with Gasteiger partial charge in [-0.15, -0.1) is 0 Å². The molecule has 5 nitrogen and oxygen atoms in total. The molecule has 0 spiro atoms. The summed E-state index contributed by atoms with van der Waals surface area (Å²) < 4.78 is 0. The molecule has 24 heavy (non-hydrogen) atoms. The lowest BCUT2D eigenvalue weighted by molar-refractivity contribution is -0.116. The highest BCUT2D eigenvalue weighted by atomic mass is 16.3. The van der Waals surface area contributed by atoms with E-state index in [1.807, 2.05) is 39.8 Å². The molecule has 0 aliphatic heterocycles. The fraction of sp³-hybridized carbons (Fsp3) is 0.474. The summed E-state index contributed by atoms with van der Waals surface area (Å²) >= 11 is 0. The molecule has 1 atom stereocenters. The lowest BCUT2D eigenvalue weighted by atomic mass is 10.0. The zero-order valence-electron chi connectivity index (χ0n) is 14.9. The fourth-order valence-corrected chi connectivity index (χ4v) is 2.24. The summed E-state index contributed by atoms with van der Waals surface area (Å²) in [6.07, 6.45) is 2.09. The first kappa shape index (κ1) is 19.9. The van der Waals surface area contributed by atoms with Gasteiger partial charge in [0.2, 0.25) is 5.91 Å². The number of rotatable bonds is 8. The molecular weight excluding hydrogens is 304 g/mol. The number of hydrogen-bond acceptors (Lipinski definition) is 3. The summed E-state index contributed by atoms with van der Waals surface area (Å²) in [6.45, 7) is 8.23. The first-order valence-corrected chi connectivity index (χ1v) is 8.27. The molecule has 0 radical (unpaired) electrons. The van der Waals surface area contributed by atoms with E-state index in [2.05, 4.69) is 10.6 Å². The smallest absolute Gasteiger partial charge is 0.251 e. The third kappa shape index (κ3) is 6.96. The number of aliphatic hydroxyl groups is 1. The minimum absolute atomic E-state index is 0.0491. The van der Waals surface area contributed by atoms with Gasteiger partial charge in [-0.3, -0.25) is 9.59 Å². The van der Waals surface area contributed by atoms with Gasteiger partial charge in [0.05, 0.1) is 0 Å². The van der Waals surface area contributed by atoms with Gasteiger partial charge in [0.1, 0.15) is 0 Å². The van der Waals surface area contributed by atoms with E-state index in [-0.39, 0.29) is 30.4 Å². The maximum atomic E-state index is 12.3. The van der Waals surface area contributed by atoms with Crippen LogP contribution in [0.3, 0.4) is 0 Å². The van der Waals surface area contributed by atoms with Gasteiger partial charge in [-0.1, -0.05) is 31.6 Å². The minimum atomic E-state index is -0.151. The zero-order chi connectivity index (χ0) is 18.1. The molecule has 0 heterocycles. The van der Waals surface area contributed by atoms with E-state index in [1.54, 1.807) is 18.2 Å². The number of benzene rings is 1. The summed E-state index contributed by atoms with van der Waals surface area (Å²) in [5.41, 5.74) is 2.44. The van der Waals surface area contributed by atoms with E-state index in [1.165, 1.54) is 0 Å². The van der Waals surface area contributed by atoms with Gasteiger partial charge >= 0.3 is 0 Å². The molecule has 132 valence electrons. The van der Waals surface area contributed by atoms with Crippen LogP contribution in [0.4, 0.5) is 0 Å². The number of allylic oxidation sites excluding steroid dienone is 1. The second-order valence-electron chi connectivity index (χ2n) is 6.47. The van der Waals surface area contributed by atoms with Crippen molar-refractivity contribution in [3.05, 3.63) is 47.0 Å². The van der Waals surface area contributed by atoms with E-state index < -0.39 is 0 Å². The predicted octanol–water partition coefficient (Wildman–Crippen LogP) is 2.41. The van der Waals surface area contributed by atoms with E-state index in [4.69, 9.17) is 5.11 Å². The van der Waals surface area contributed by atoms with Crippen molar-refractivity contribution in [2.24, 2.45) is 5.92 Å². The molecule has 3 N–H and O–H groups in total. The largest absolute Gasteiger partial charge is 0.396 e. The van der Waals surface area contributed by atoms with E-state index in [0.29, 0.717) is 18.5 Å². The molecule has 2 amide bonds. The Morgan fingerprint density at radius 1 is 1.17 bits per heavy atom. The Bertz CT molecular complexity index is 573. The summed E-state index contributed by atoms with van der Waals surface area (Å²) in [4.78, 5) is 23.8. The lowest BCUT2D eigenvalue weighted by Gasteiger charge is -2.21. The highest BCUT2D eigenvalue weighted by molar-refractivity contribution is 5.94. The van der Waals surface area contributed by atoms with Gasteiger partial charge in [0.25, 0.3) is 5.91 Å². The third-order valence-electron chi connectivity index (χ3n) is 3.66. The summed E-state index contributed by atoms with van der Waals surface area (Å²) in [5.74, 6) is -0.0199.